The number of nitrogens with zero attached hydrogens (tertiary/aromatic N) is 5. The smallest absolute Gasteiger partial charge is 0.417 e. The first-order chi connectivity index (χ1) is 14.4. The molecule has 0 bridgehead atoms. The summed E-state index contributed by atoms with van der Waals surface area (Å²) < 4.78 is 51.2. The number of benzene rings is 1. The molecule has 0 saturated heterocycles. The highest BCUT2D eigenvalue weighted by atomic mass is 35.5. The number of aromatic nitrogens is 5. The van der Waals surface area contributed by atoms with E-state index < -0.39 is 11.7 Å². The van der Waals surface area contributed by atoms with E-state index in [9.17, 15) is 13.2 Å². The van der Waals surface area contributed by atoms with E-state index in [1.807, 2.05) is 19.1 Å². The van der Waals surface area contributed by atoms with Gasteiger partial charge in [0, 0.05) is 6.20 Å². The minimum Gasteiger partial charge on any atom is -0.493 e. The SMILES string of the molecule is CCOc1ccccc1-c1noc(CSc2nnc3c(Cl)cc(C(F)(F)F)cn23)n1. The molecule has 4 rings (SSSR count). The molecule has 0 N–H and O–H groups in total. The van der Waals surface area contributed by atoms with Crippen molar-refractivity contribution in [3.63, 3.8) is 0 Å². The molecule has 12 heteroatoms. The second kappa shape index (κ2) is 8.15. The zero-order valence-corrected chi connectivity index (χ0v) is 16.9. The fraction of sp³-hybridized carbons (Fsp3) is 0.222. The summed E-state index contributed by atoms with van der Waals surface area (Å²) in [5.74, 6) is 1.43. The Kier molecular flexibility index (Phi) is 5.56. The van der Waals surface area contributed by atoms with Crippen molar-refractivity contribution in [2.24, 2.45) is 0 Å². The third-order valence-electron chi connectivity index (χ3n) is 3.98. The van der Waals surface area contributed by atoms with Crippen molar-refractivity contribution in [3.8, 4) is 17.1 Å². The molecule has 0 saturated carbocycles. The highest BCUT2D eigenvalue weighted by molar-refractivity contribution is 7.98. The van der Waals surface area contributed by atoms with Gasteiger partial charge in [-0.05, 0) is 25.1 Å². The Balaban J connectivity index is 1.57. The number of fused-ring (bicyclic) bond motifs is 1. The summed E-state index contributed by atoms with van der Waals surface area (Å²) in [5.41, 5.74) is -0.0906. The van der Waals surface area contributed by atoms with Gasteiger partial charge in [-0.15, -0.1) is 10.2 Å². The van der Waals surface area contributed by atoms with Crippen LogP contribution in [0.4, 0.5) is 13.2 Å². The van der Waals surface area contributed by atoms with Gasteiger partial charge in [-0.1, -0.05) is 40.7 Å². The third-order valence-corrected chi connectivity index (χ3v) is 5.18. The van der Waals surface area contributed by atoms with Crippen LogP contribution in [0.3, 0.4) is 0 Å². The molecule has 3 aromatic heterocycles. The molecule has 1 aromatic carbocycles. The molecule has 30 heavy (non-hydrogen) atoms. The van der Waals surface area contributed by atoms with Gasteiger partial charge >= 0.3 is 6.18 Å². The summed E-state index contributed by atoms with van der Waals surface area (Å²) in [5, 5.41) is 11.8. The van der Waals surface area contributed by atoms with Crippen LogP contribution < -0.4 is 4.74 Å². The molecule has 0 aliphatic heterocycles. The van der Waals surface area contributed by atoms with E-state index in [0.717, 1.165) is 24.0 Å². The second-order valence-electron chi connectivity index (χ2n) is 5.98. The Morgan fingerprint density at radius 2 is 2.03 bits per heavy atom. The van der Waals surface area contributed by atoms with Crippen molar-refractivity contribution < 1.29 is 22.4 Å². The summed E-state index contributed by atoms with van der Waals surface area (Å²) in [6.45, 7) is 2.36. The van der Waals surface area contributed by atoms with E-state index >= 15 is 0 Å². The molecule has 4 aromatic rings. The van der Waals surface area contributed by atoms with Gasteiger partial charge in [-0.2, -0.15) is 18.2 Å². The van der Waals surface area contributed by atoms with Crippen LogP contribution in [0, 0.1) is 0 Å². The average Bonchev–Trinajstić information content (AvgIpc) is 3.33. The molecule has 0 unspecified atom stereocenters. The van der Waals surface area contributed by atoms with Gasteiger partial charge in [-0.25, -0.2) is 0 Å². The van der Waals surface area contributed by atoms with E-state index in [2.05, 4.69) is 20.3 Å². The van der Waals surface area contributed by atoms with Crippen molar-refractivity contribution in [2.75, 3.05) is 6.61 Å². The lowest BCUT2D eigenvalue weighted by molar-refractivity contribution is -0.137. The summed E-state index contributed by atoms with van der Waals surface area (Å²) in [6.07, 6.45) is -3.64. The Hall–Kier alpha value is -2.79. The van der Waals surface area contributed by atoms with Crippen molar-refractivity contribution in [2.45, 2.75) is 24.0 Å². The molecule has 156 valence electrons. The van der Waals surface area contributed by atoms with Gasteiger partial charge < -0.3 is 9.26 Å². The van der Waals surface area contributed by atoms with Gasteiger partial charge in [0.1, 0.15) is 5.75 Å². The van der Waals surface area contributed by atoms with Crippen LogP contribution in [0.15, 0.2) is 46.2 Å². The number of hydrogen-bond acceptors (Lipinski definition) is 7. The van der Waals surface area contributed by atoms with Crippen molar-refractivity contribution in [3.05, 3.63) is 53.0 Å². The molecule has 0 aliphatic rings. The first-order valence-corrected chi connectivity index (χ1v) is 10.0. The minimum atomic E-state index is -4.54. The van der Waals surface area contributed by atoms with Gasteiger partial charge in [0.25, 0.3) is 0 Å². The maximum absolute atomic E-state index is 13.1. The van der Waals surface area contributed by atoms with E-state index in [1.165, 1.54) is 4.40 Å². The fourth-order valence-electron chi connectivity index (χ4n) is 2.67. The van der Waals surface area contributed by atoms with Crippen LogP contribution in [0.1, 0.15) is 18.4 Å². The normalized spacial score (nSPS) is 11.9. The molecular formula is C18H13ClF3N5O2S. The summed E-state index contributed by atoms with van der Waals surface area (Å²) in [4.78, 5) is 4.34. The van der Waals surface area contributed by atoms with Gasteiger partial charge in [-0.3, -0.25) is 4.40 Å². The van der Waals surface area contributed by atoms with E-state index in [4.69, 9.17) is 20.9 Å². The van der Waals surface area contributed by atoms with Crippen LogP contribution in [0.2, 0.25) is 5.02 Å². The van der Waals surface area contributed by atoms with Gasteiger partial charge in [0.05, 0.1) is 28.5 Å². The zero-order valence-electron chi connectivity index (χ0n) is 15.4. The molecule has 7 nitrogen and oxygen atoms in total. The number of thioether (sulfide) groups is 1. The zero-order chi connectivity index (χ0) is 21.3. The number of halogens is 4. The van der Waals surface area contributed by atoms with Crippen molar-refractivity contribution in [1.29, 1.82) is 0 Å². The quantitative estimate of drug-likeness (QED) is 0.372. The number of alkyl halides is 3. The molecule has 0 atom stereocenters. The highest BCUT2D eigenvalue weighted by Gasteiger charge is 2.32. The molecule has 0 spiro atoms. The highest BCUT2D eigenvalue weighted by Crippen LogP contribution is 2.34. The predicted molar refractivity (Wildman–Crippen MR) is 103 cm³/mol. The fourth-order valence-corrected chi connectivity index (χ4v) is 3.66. The van der Waals surface area contributed by atoms with Crippen LogP contribution in [-0.4, -0.2) is 31.3 Å². The number of para-hydroxylation sites is 1. The Morgan fingerprint density at radius 1 is 1.23 bits per heavy atom. The van der Waals surface area contributed by atoms with Crippen molar-refractivity contribution in [1.82, 2.24) is 24.7 Å². The maximum atomic E-state index is 13.1. The minimum absolute atomic E-state index is 0.129. The Labute approximate surface area is 177 Å². The lowest BCUT2D eigenvalue weighted by atomic mass is 10.2. The molecule has 0 fully saturated rings. The van der Waals surface area contributed by atoms with Crippen LogP contribution in [-0.2, 0) is 11.9 Å². The Morgan fingerprint density at radius 3 is 2.80 bits per heavy atom. The van der Waals surface area contributed by atoms with Crippen LogP contribution in [0.25, 0.3) is 17.0 Å². The predicted octanol–water partition coefficient (Wildman–Crippen LogP) is 5.14. The lowest BCUT2D eigenvalue weighted by Crippen LogP contribution is -2.07. The summed E-state index contributed by atoms with van der Waals surface area (Å²) in [7, 11) is 0. The largest absolute Gasteiger partial charge is 0.493 e. The monoisotopic (exact) mass is 455 g/mol. The van der Waals surface area contributed by atoms with Gasteiger partial charge in [0.15, 0.2) is 10.8 Å². The molecule has 0 aliphatic carbocycles. The number of rotatable bonds is 6. The third kappa shape index (κ3) is 4.08. The second-order valence-corrected chi connectivity index (χ2v) is 7.33. The first-order valence-electron chi connectivity index (χ1n) is 8.66. The standard InChI is InChI=1S/C18H13ClF3N5O2S/c1-2-28-13-6-4-3-5-11(13)15-23-14(29-26-15)9-30-17-25-24-16-12(19)7-10(8-27(16)17)18(20,21)22/h3-8H,2,9H2,1H3. The van der Waals surface area contributed by atoms with E-state index in [1.54, 1.807) is 12.1 Å². The van der Waals surface area contributed by atoms with E-state index in [-0.39, 0.29) is 27.5 Å². The van der Waals surface area contributed by atoms with Crippen molar-refractivity contribution >= 4 is 29.0 Å². The number of hydrogen-bond donors (Lipinski definition) is 0. The van der Waals surface area contributed by atoms with Gasteiger partial charge in [0.2, 0.25) is 11.7 Å². The average molecular weight is 456 g/mol. The topological polar surface area (TPSA) is 78.3 Å². The first kappa shape index (κ1) is 20.5. The molecule has 0 amide bonds. The number of ether oxygens (including phenoxy) is 1. The van der Waals surface area contributed by atoms with Crippen LogP contribution in [0.5, 0.6) is 5.75 Å². The molecule has 3 heterocycles. The molecular weight excluding hydrogens is 443 g/mol. The summed E-state index contributed by atoms with van der Waals surface area (Å²) >= 11 is 7.02. The van der Waals surface area contributed by atoms with Crippen LogP contribution >= 0.6 is 23.4 Å². The lowest BCUT2D eigenvalue weighted by Gasteiger charge is -2.08. The van der Waals surface area contributed by atoms with E-state index in [0.29, 0.717) is 23.7 Å². The summed E-state index contributed by atoms with van der Waals surface area (Å²) in [6, 6.07) is 8.09. The Bertz CT molecular complexity index is 1190. The molecule has 0 radical (unpaired) electrons. The number of pyridine rings is 1. The maximum Gasteiger partial charge on any atom is 0.417 e.